The number of ether oxygens (including phenoxy) is 1. The summed E-state index contributed by atoms with van der Waals surface area (Å²) >= 11 is 0. The predicted molar refractivity (Wildman–Crippen MR) is 128 cm³/mol. The molecule has 0 N–H and O–H groups in total. The summed E-state index contributed by atoms with van der Waals surface area (Å²) in [5, 5.41) is 11.3. The van der Waals surface area contributed by atoms with Crippen LogP contribution in [0.1, 0.15) is 28.8 Å². The van der Waals surface area contributed by atoms with Crippen molar-refractivity contribution >= 4 is 17.3 Å². The zero-order valence-electron chi connectivity index (χ0n) is 18.6. The first-order valence-corrected chi connectivity index (χ1v) is 11.0. The minimum Gasteiger partial charge on any atom is -0.497 e. The molecule has 1 fully saturated rings. The monoisotopic (exact) mass is 445 g/mol. The fourth-order valence-electron chi connectivity index (χ4n) is 4.35. The van der Waals surface area contributed by atoms with E-state index in [1.807, 2.05) is 47.4 Å². The molecule has 170 valence electrons. The van der Waals surface area contributed by atoms with Gasteiger partial charge in [0.15, 0.2) is 0 Å². The molecule has 0 atom stereocenters. The Morgan fingerprint density at radius 2 is 1.64 bits per heavy atom. The van der Waals surface area contributed by atoms with Gasteiger partial charge in [-0.15, -0.1) is 0 Å². The molecule has 0 unspecified atom stereocenters. The van der Waals surface area contributed by atoms with E-state index in [4.69, 9.17) is 4.74 Å². The van der Waals surface area contributed by atoms with E-state index in [1.54, 1.807) is 43.5 Å². The molecule has 0 aliphatic carbocycles. The van der Waals surface area contributed by atoms with Crippen LogP contribution in [0.15, 0.2) is 78.9 Å². The molecule has 1 amide bonds. The maximum absolute atomic E-state index is 13.5. The second-order valence-corrected chi connectivity index (χ2v) is 8.13. The third kappa shape index (κ3) is 5.21. The zero-order valence-corrected chi connectivity index (χ0v) is 18.6. The van der Waals surface area contributed by atoms with E-state index < -0.39 is 0 Å². The third-order valence-corrected chi connectivity index (χ3v) is 6.09. The first-order chi connectivity index (χ1) is 16.1. The largest absolute Gasteiger partial charge is 0.497 e. The number of carbonyl (C=O) groups excluding carboxylic acids is 1. The average molecular weight is 446 g/mol. The number of nitro groups is 1. The molecular formula is C26H27N3O4. The normalized spacial score (nSPS) is 14.6. The van der Waals surface area contributed by atoms with Gasteiger partial charge in [-0.25, -0.2) is 0 Å². The van der Waals surface area contributed by atoms with E-state index in [9.17, 15) is 14.9 Å². The Labute approximate surface area is 193 Å². The van der Waals surface area contributed by atoms with Gasteiger partial charge in [0.2, 0.25) is 0 Å². The summed E-state index contributed by atoms with van der Waals surface area (Å²) in [6.45, 7) is 2.05. The lowest BCUT2D eigenvalue weighted by atomic mass is 10.00. The Hall–Kier alpha value is -3.71. The van der Waals surface area contributed by atoms with Crippen LogP contribution < -0.4 is 9.64 Å². The van der Waals surface area contributed by atoms with Gasteiger partial charge in [-0.1, -0.05) is 36.4 Å². The van der Waals surface area contributed by atoms with E-state index in [0.29, 0.717) is 17.9 Å². The lowest BCUT2D eigenvalue weighted by molar-refractivity contribution is -0.385. The standard InChI is InChI=1S/C26H27N3O4/c1-33-24-13-11-20(12-14-24)26(30)28(22-8-3-2-4-9-22)23-15-17-27(18-16-23)19-21-7-5-6-10-25(21)29(31)32/h2-14,23H,15-19H2,1H3. The lowest BCUT2D eigenvalue weighted by Crippen LogP contribution is -2.47. The van der Waals surface area contributed by atoms with Crippen molar-refractivity contribution in [3.05, 3.63) is 100 Å². The molecule has 1 aliphatic heterocycles. The fourth-order valence-corrected chi connectivity index (χ4v) is 4.35. The number of anilines is 1. The molecule has 1 aliphatic rings. The van der Waals surface area contributed by atoms with Crippen molar-refractivity contribution in [1.82, 2.24) is 4.90 Å². The van der Waals surface area contributed by atoms with Gasteiger partial charge in [0, 0.05) is 48.6 Å². The molecule has 0 bridgehead atoms. The first-order valence-electron chi connectivity index (χ1n) is 11.0. The van der Waals surface area contributed by atoms with Gasteiger partial charge in [-0.2, -0.15) is 0 Å². The van der Waals surface area contributed by atoms with Crippen LogP contribution in [-0.4, -0.2) is 42.0 Å². The summed E-state index contributed by atoms with van der Waals surface area (Å²) in [6.07, 6.45) is 1.58. The number of nitro benzene ring substituents is 1. The highest BCUT2D eigenvalue weighted by molar-refractivity contribution is 6.06. The fraction of sp³-hybridized carbons (Fsp3) is 0.269. The van der Waals surface area contributed by atoms with E-state index in [1.165, 1.54) is 0 Å². The molecule has 7 heteroatoms. The molecule has 3 aromatic rings. The van der Waals surface area contributed by atoms with Gasteiger partial charge >= 0.3 is 0 Å². The highest BCUT2D eigenvalue weighted by Gasteiger charge is 2.30. The Balaban J connectivity index is 1.50. The number of benzene rings is 3. The summed E-state index contributed by atoms with van der Waals surface area (Å²) in [7, 11) is 1.60. The van der Waals surface area contributed by atoms with Crippen LogP contribution >= 0.6 is 0 Å². The summed E-state index contributed by atoms with van der Waals surface area (Å²) < 4.78 is 5.22. The van der Waals surface area contributed by atoms with E-state index >= 15 is 0 Å². The Bertz CT molecular complexity index is 1090. The zero-order chi connectivity index (χ0) is 23.2. The van der Waals surface area contributed by atoms with Gasteiger partial charge in [0.05, 0.1) is 12.0 Å². The lowest BCUT2D eigenvalue weighted by Gasteiger charge is -2.38. The summed E-state index contributed by atoms with van der Waals surface area (Å²) in [4.78, 5) is 28.7. The van der Waals surface area contributed by atoms with Crippen LogP contribution in [0.25, 0.3) is 0 Å². The molecule has 1 saturated heterocycles. The number of amides is 1. The second kappa shape index (κ2) is 10.3. The van der Waals surface area contributed by atoms with Crippen molar-refractivity contribution in [2.75, 3.05) is 25.1 Å². The number of rotatable bonds is 7. The smallest absolute Gasteiger partial charge is 0.273 e. The molecule has 1 heterocycles. The van der Waals surface area contributed by atoms with Gasteiger partial charge in [0.1, 0.15) is 5.75 Å². The van der Waals surface area contributed by atoms with Crippen molar-refractivity contribution < 1.29 is 14.5 Å². The molecular weight excluding hydrogens is 418 g/mol. The van der Waals surface area contributed by atoms with Crippen LogP contribution in [-0.2, 0) is 6.54 Å². The van der Waals surface area contributed by atoms with Gasteiger partial charge in [0.25, 0.3) is 11.6 Å². The number of likely N-dealkylation sites (tertiary alicyclic amines) is 1. The van der Waals surface area contributed by atoms with Crippen LogP contribution in [0, 0.1) is 10.1 Å². The van der Waals surface area contributed by atoms with Crippen LogP contribution in [0.4, 0.5) is 11.4 Å². The van der Waals surface area contributed by atoms with Crippen LogP contribution in [0.5, 0.6) is 5.75 Å². The number of piperidine rings is 1. The van der Waals surface area contributed by atoms with Gasteiger partial charge in [-0.3, -0.25) is 19.8 Å². The Kier molecular flexibility index (Phi) is 7.00. The number of hydrogen-bond donors (Lipinski definition) is 0. The molecule has 0 aromatic heterocycles. The highest BCUT2D eigenvalue weighted by Crippen LogP contribution is 2.28. The second-order valence-electron chi connectivity index (χ2n) is 8.13. The van der Waals surface area contributed by atoms with E-state index in [-0.39, 0.29) is 22.6 Å². The highest BCUT2D eigenvalue weighted by atomic mass is 16.6. The van der Waals surface area contributed by atoms with Crippen LogP contribution in [0.3, 0.4) is 0 Å². The minimum absolute atomic E-state index is 0.0407. The van der Waals surface area contributed by atoms with E-state index in [0.717, 1.165) is 37.2 Å². The van der Waals surface area contributed by atoms with Crippen molar-refractivity contribution in [1.29, 1.82) is 0 Å². The summed E-state index contributed by atoms with van der Waals surface area (Å²) in [5.74, 6) is 0.669. The summed E-state index contributed by atoms with van der Waals surface area (Å²) in [6, 6.07) is 23.8. The molecule has 4 rings (SSSR count). The molecule has 0 saturated carbocycles. The van der Waals surface area contributed by atoms with Gasteiger partial charge in [-0.05, 0) is 49.2 Å². The number of methoxy groups -OCH3 is 1. The molecule has 7 nitrogen and oxygen atoms in total. The molecule has 0 spiro atoms. The SMILES string of the molecule is COc1ccc(C(=O)N(c2ccccc2)C2CCN(Cc3ccccc3[N+](=O)[O-])CC2)cc1. The number of nitrogens with zero attached hydrogens (tertiary/aromatic N) is 3. The third-order valence-electron chi connectivity index (χ3n) is 6.09. The van der Waals surface area contributed by atoms with Crippen LogP contribution in [0.2, 0.25) is 0 Å². The molecule has 3 aromatic carbocycles. The topological polar surface area (TPSA) is 75.9 Å². The summed E-state index contributed by atoms with van der Waals surface area (Å²) in [5.41, 5.74) is 2.35. The van der Waals surface area contributed by atoms with Crippen molar-refractivity contribution in [2.24, 2.45) is 0 Å². The predicted octanol–water partition coefficient (Wildman–Crippen LogP) is 4.91. The maximum atomic E-state index is 13.5. The molecule has 33 heavy (non-hydrogen) atoms. The van der Waals surface area contributed by atoms with Crippen molar-refractivity contribution in [3.8, 4) is 5.75 Å². The minimum atomic E-state index is -0.327. The number of carbonyl (C=O) groups is 1. The Morgan fingerprint density at radius 1 is 1.00 bits per heavy atom. The first kappa shape index (κ1) is 22.5. The average Bonchev–Trinajstić information content (AvgIpc) is 2.86. The molecule has 0 radical (unpaired) electrons. The maximum Gasteiger partial charge on any atom is 0.273 e. The quantitative estimate of drug-likeness (QED) is 0.381. The Morgan fingerprint density at radius 3 is 2.27 bits per heavy atom. The van der Waals surface area contributed by atoms with Crippen molar-refractivity contribution in [3.63, 3.8) is 0 Å². The van der Waals surface area contributed by atoms with E-state index in [2.05, 4.69) is 4.90 Å². The van der Waals surface area contributed by atoms with Crippen molar-refractivity contribution in [2.45, 2.75) is 25.4 Å². The van der Waals surface area contributed by atoms with Gasteiger partial charge < -0.3 is 9.64 Å². The number of hydrogen-bond acceptors (Lipinski definition) is 5. The number of para-hydroxylation sites is 2.